The molecule has 18 heavy (non-hydrogen) atoms. The molecule has 0 spiro atoms. The molecule has 0 bridgehead atoms. The van der Waals surface area contributed by atoms with Gasteiger partial charge in [-0.1, -0.05) is 28.1 Å². The molecule has 94 valence electrons. The summed E-state index contributed by atoms with van der Waals surface area (Å²) in [5.41, 5.74) is 7.26. The van der Waals surface area contributed by atoms with Crippen molar-refractivity contribution in [2.45, 2.75) is 31.8 Å². The molecule has 1 aromatic heterocycles. The minimum absolute atomic E-state index is 0.0462. The maximum absolute atomic E-state index is 6.04. The van der Waals surface area contributed by atoms with Gasteiger partial charge >= 0.3 is 0 Å². The first-order chi connectivity index (χ1) is 8.72. The largest absolute Gasteiger partial charge is 0.321 e. The quantitative estimate of drug-likeness (QED) is 0.927. The lowest BCUT2D eigenvalue weighted by Crippen LogP contribution is -2.22. The van der Waals surface area contributed by atoms with Crippen molar-refractivity contribution >= 4 is 15.9 Å². The Morgan fingerprint density at radius 1 is 1.33 bits per heavy atom. The van der Waals surface area contributed by atoms with E-state index in [4.69, 9.17) is 5.73 Å². The third kappa shape index (κ3) is 2.33. The van der Waals surface area contributed by atoms with E-state index in [1.807, 2.05) is 16.8 Å². The minimum atomic E-state index is 0.0462. The third-order valence-electron chi connectivity index (χ3n) is 3.24. The molecule has 0 aliphatic carbocycles. The van der Waals surface area contributed by atoms with Crippen LogP contribution in [0.15, 0.2) is 28.7 Å². The summed E-state index contributed by atoms with van der Waals surface area (Å²) >= 11 is 3.43. The van der Waals surface area contributed by atoms with Gasteiger partial charge in [-0.15, -0.1) is 0 Å². The number of hydrogen-bond donors (Lipinski definition) is 1. The van der Waals surface area contributed by atoms with E-state index in [2.05, 4.69) is 38.1 Å². The van der Waals surface area contributed by atoms with Crippen LogP contribution in [-0.4, -0.2) is 14.8 Å². The number of hydrogen-bond acceptors (Lipinski definition) is 3. The van der Waals surface area contributed by atoms with Crippen molar-refractivity contribution in [1.82, 2.24) is 14.8 Å². The van der Waals surface area contributed by atoms with Crippen LogP contribution in [0.25, 0.3) is 0 Å². The van der Waals surface area contributed by atoms with Gasteiger partial charge in [-0.3, -0.25) is 0 Å². The van der Waals surface area contributed by atoms with Crippen molar-refractivity contribution in [3.8, 4) is 0 Å². The summed E-state index contributed by atoms with van der Waals surface area (Å²) < 4.78 is 3.05. The predicted octanol–water partition coefficient (Wildman–Crippen LogP) is 2.43. The molecular formula is C13H15BrN4. The second kappa shape index (κ2) is 4.82. The molecule has 0 radical (unpaired) electrons. The topological polar surface area (TPSA) is 56.7 Å². The number of nitrogens with two attached hydrogens (primary N) is 1. The maximum atomic E-state index is 6.04. The number of nitrogens with zero attached hydrogens (tertiary/aromatic N) is 3. The molecular weight excluding hydrogens is 292 g/mol. The Morgan fingerprint density at radius 2 is 2.11 bits per heavy atom. The van der Waals surface area contributed by atoms with E-state index in [1.54, 1.807) is 0 Å². The number of rotatable bonds is 2. The van der Waals surface area contributed by atoms with Gasteiger partial charge in [0.05, 0.1) is 6.04 Å². The smallest absolute Gasteiger partial charge is 0.155 e. The monoisotopic (exact) mass is 306 g/mol. The molecule has 2 aromatic rings. The summed E-state index contributed by atoms with van der Waals surface area (Å²) in [5, 5.41) is 4.53. The van der Waals surface area contributed by atoms with Gasteiger partial charge in [0.15, 0.2) is 5.82 Å². The first-order valence-electron chi connectivity index (χ1n) is 6.16. The normalized spacial score (nSPS) is 18.7. The average molecular weight is 307 g/mol. The summed E-state index contributed by atoms with van der Waals surface area (Å²) in [6.07, 6.45) is 2.87. The van der Waals surface area contributed by atoms with Gasteiger partial charge in [-0.25, -0.2) is 9.67 Å². The highest BCUT2D eigenvalue weighted by atomic mass is 79.9. The number of aryl methyl sites for hydroxylation is 1. The van der Waals surface area contributed by atoms with Crippen molar-refractivity contribution in [3.63, 3.8) is 0 Å². The number of fused-ring (bicyclic) bond motifs is 1. The summed E-state index contributed by atoms with van der Waals surface area (Å²) in [6, 6.07) is 8.30. The molecule has 5 heteroatoms. The van der Waals surface area contributed by atoms with E-state index in [9.17, 15) is 0 Å². The molecule has 1 atom stereocenters. The second-order valence-corrected chi connectivity index (χ2v) is 5.58. The van der Waals surface area contributed by atoms with E-state index >= 15 is 0 Å². The molecule has 4 nitrogen and oxygen atoms in total. The Balaban J connectivity index is 1.83. The maximum Gasteiger partial charge on any atom is 0.155 e. The van der Waals surface area contributed by atoms with Crippen LogP contribution >= 0.6 is 15.9 Å². The zero-order valence-corrected chi connectivity index (χ0v) is 11.6. The zero-order valence-electron chi connectivity index (χ0n) is 10.0. The first-order valence-corrected chi connectivity index (χ1v) is 6.95. The Morgan fingerprint density at radius 3 is 2.83 bits per heavy atom. The average Bonchev–Trinajstić information content (AvgIpc) is 2.76. The molecule has 0 saturated carbocycles. The fourth-order valence-electron chi connectivity index (χ4n) is 2.29. The molecule has 1 aliphatic heterocycles. The Labute approximate surface area is 114 Å². The lowest BCUT2D eigenvalue weighted by molar-refractivity contribution is 0.421. The van der Waals surface area contributed by atoms with E-state index in [0.717, 1.165) is 41.9 Å². The van der Waals surface area contributed by atoms with Gasteiger partial charge in [0.2, 0.25) is 0 Å². The fraction of sp³-hybridized carbons (Fsp3) is 0.385. The van der Waals surface area contributed by atoms with Gasteiger partial charge in [0.1, 0.15) is 5.82 Å². The van der Waals surface area contributed by atoms with Crippen molar-refractivity contribution in [3.05, 3.63) is 46.0 Å². The summed E-state index contributed by atoms with van der Waals surface area (Å²) in [4.78, 5) is 4.56. The molecule has 0 amide bonds. The van der Waals surface area contributed by atoms with Crippen molar-refractivity contribution < 1.29 is 0 Å². The van der Waals surface area contributed by atoms with Gasteiger partial charge in [-0.2, -0.15) is 5.10 Å². The molecule has 0 fully saturated rings. The van der Waals surface area contributed by atoms with Crippen LogP contribution in [0.2, 0.25) is 0 Å². The zero-order chi connectivity index (χ0) is 12.5. The summed E-state index contributed by atoms with van der Waals surface area (Å²) in [6.45, 7) is 0.941. The molecule has 1 unspecified atom stereocenters. The van der Waals surface area contributed by atoms with E-state index in [-0.39, 0.29) is 6.04 Å². The number of aromatic nitrogens is 3. The van der Waals surface area contributed by atoms with Crippen LogP contribution in [0.1, 0.15) is 36.1 Å². The van der Waals surface area contributed by atoms with Crippen molar-refractivity contribution in [2.24, 2.45) is 5.73 Å². The highest BCUT2D eigenvalue weighted by Gasteiger charge is 2.20. The van der Waals surface area contributed by atoms with E-state index < -0.39 is 0 Å². The van der Waals surface area contributed by atoms with Gasteiger partial charge in [-0.05, 0) is 30.5 Å². The van der Waals surface area contributed by atoms with Crippen LogP contribution in [0.3, 0.4) is 0 Å². The standard InChI is InChI=1S/C13H15BrN4/c14-10-5-3-9(4-6-10)8-12-16-13-11(15)2-1-7-18(13)17-12/h3-6,11H,1-2,7-8,15H2. The molecule has 1 aromatic carbocycles. The third-order valence-corrected chi connectivity index (χ3v) is 3.77. The lowest BCUT2D eigenvalue weighted by atomic mass is 10.1. The van der Waals surface area contributed by atoms with Gasteiger partial charge in [0.25, 0.3) is 0 Å². The molecule has 3 rings (SSSR count). The first kappa shape index (κ1) is 11.9. The molecule has 0 saturated heterocycles. The molecule has 1 aliphatic rings. The Kier molecular flexibility index (Phi) is 3.18. The van der Waals surface area contributed by atoms with Crippen molar-refractivity contribution in [1.29, 1.82) is 0 Å². The van der Waals surface area contributed by atoms with E-state index in [0.29, 0.717) is 0 Å². The predicted molar refractivity (Wildman–Crippen MR) is 73.1 cm³/mol. The summed E-state index contributed by atoms with van der Waals surface area (Å²) in [5.74, 6) is 1.80. The summed E-state index contributed by atoms with van der Waals surface area (Å²) in [7, 11) is 0. The van der Waals surface area contributed by atoms with Crippen LogP contribution < -0.4 is 5.73 Å². The van der Waals surface area contributed by atoms with Crippen molar-refractivity contribution in [2.75, 3.05) is 0 Å². The van der Waals surface area contributed by atoms with Gasteiger partial charge < -0.3 is 5.73 Å². The van der Waals surface area contributed by atoms with Crippen LogP contribution in [0, 0.1) is 0 Å². The Hall–Kier alpha value is -1.20. The highest BCUT2D eigenvalue weighted by molar-refractivity contribution is 9.10. The molecule has 2 heterocycles. The van der Waals surface area contributed by atoms with Crippen LogP contribution in [-0.2, 0) is 13.0 Å². The van der Waals surface area contributed by atoms with Crippen LogP contribution in [0.5, 0.6) is 0 Å². The highest BCUT2D eigenvalue weighted by Crippen LogP contribution is 2.21. The minimum Gasteiger partial charge on any atom is -0.321 e. The number of benzene rings is 1. The molecule has 2 N–H and O–H groups in total. The number of halogens is 1. The SMILES string of the molecule is NC1CCCn2nc(Cc3ccc(Br)cc3)nc21. The lowest BCUT2D eigenvalue weighted by Gasteiger charge is -2.17. The van der Waals surface area contributed by atoms with Gasteiger partial charge in [0, 0.05) is 17.4 Å². The van der Waals surface area contributed by atoms with E-state index in [1.165, 1.54) is 5.56 Å². The fourth-order valence-corrected chi connectivity index (χ4v) is 2.56. The second-order valence-electron chi connectivity index (χ2n) is 4.66. The van der Waals surface area contributed by atoms with Crippen LogP contribution in [0.4, 0.5) is 0 Å². The Bertz CT molecular complexity index is 547.